The maximum atomic E-state index is 12.1. The molecule has 0 aliphatic heterocycles. The quantitative estimate of drug-likeness (QED) is 0.872. The van der Waals surface area contributed by atoms with Crippen LogP contribution in [0.3, 0.4) is 0 Å². The van der Waals surface area contributed by atoms with Gasteiger partial charge in [0.25, 0.3) is 5.91 Å². The molecule has 0 heterocycles. The molecule has 0 atom stereocenters. The van der Waals surface area contributed by atoms with Gasteiger partial charge in [0, 0.05) is 12.1 Å². The van der Waals surface area contributed by atoms with Gasteiger partial charge in [-0.05, 0) is 55.4 Å². The fourth-order valence-corrected chi connectivity index (χ4v) is 2.95. The lowest BCUT2D eigenvalue weighted by Crippen LogP contribution is -2.35. The van der Waals surface area contributed by atoms with Gasteiger partial charge in [-0.25, -0.2) is 0 Å². The van der Waals surface area contributed by atoms with Gasteiger partial charge >= 0.3 is 0 Å². The molecule has 1 aromatic carbocycles. The normalized spacial score (nSPS) is 17.4. The number of hydrogen-bond acceptors (Lipinski definition) is 2. The molecule has 0 saturated heterocycles. The van der Waals surface area contributed by atoms with Crippen molar-refractivity contribution in [1.82, 2.24) is 5.32 Å². The summed E-state index contributed by atoms with van der Waals surface area (Å²) in [5.41, 5.74) is 1.67. The van der Waals surface area contributed by atoms with E-state index < -0.39 is 0 Å². The fourth-order valence-electron chi connectivity index (χ4n) is 2.95. The van der Waals surface area contributed by atoms with Gasteiger partial charge in [0.05, 0.1) is 0 Å². The zero-order valence-electron chi connectivity index (χ0n) is 11.8. The van der Waals surface area contributed by atoms with Crippen LogP contribution in [0.2, 0.25) is 0 Å². The summed E-state index contributed by atoms with van der Waals surface area (Å²) in [4.78, 5) is 12.1. The van der Waals surface area contributed by atoms with E-state index in [9.17, 15) is 9.90 Å². The molecule has 1 saturated carbocycles. The predicted molar refractivity (Wildman–Crippen MR) is 76.4 cm³/mol. The Bertz CT molecular complexity index is 462. The minimum absolute atomic E-state index is 0.0391. The van der Waals surface area contributed by atoms with Gasteiger partial charge in [-0.3, -0.25) is 4.79 Å². The lowest BCUT2D eigenvalue weighted by molar-refractivity contribution is 0.0928. The number of rotatable bonds is 4. The minimum atomic E-state index is -0.0391. The Morgan fingerprint density at radius 3 is 2.63 bits per heavy atom. The molecule has 1 aliphatic carbocycles. The number of nitrogens with one attached hydrogen (secondary N) is 1. The van der Waals surface area contributed by atoms with Crippen LogP contribution in [0, 0.1) is 12.3 Å². The second-order valence-electron chi connectivity index (χ2n) is 5.74. The number of phenolic OH excluding ortho intramolecular Hbond substituents is 1. The Kier molecular flexibility index (Phi) is 4.13. The second-order valence-corrected chi connectivity index (χ2v) is 5.74. The number of carbonyl (C=O) groups is 1. The molecule has 2 N–H and O–H groups in total. The van der Waals surface area contributed by atoms with E-state index in [1.165, 1.54) is 25.7 Å². The highest BCUT2D eigenvalue weighted by atomic mass is 16.3. The number of aryl methyl sites for hydroxylation is 1. The Balaban J connectivity index is 1.99. The molecule has 0 spiro atoms. The number of phenols is 1. The molecule has 0 unspecified atom stereocenters. The largest absolute Gasteiger partial charge is 0.508 e. The van der Waals surface area contributed by atoms with Crippen LogP contribution >= 0.6 is 0 Å². The highest BCUT2D eigenvalue weighted by molar-refractivity contribution is 5.94. The summed E-state index contributed by atoms with van der Waals surface area (Å²) in [7, 11) is 0. The van der Waals surface area contributed by atoms with E-state index in [2.05, 4.69) is 12.2 Å². The third kappa shape index (κ3) is 3.09. The molecule has 19 heavy (non-hydrogen) atoms. The van der Waals surface area contributed by atoms with Crippen LogP contribution in [-0.2, 0) is 0 Å². The number of hydrogen-bond donors (Lipinski definition) is 2. The summed E-state index contributed by atoms with van der Waals surface area (Å²) in [5, 5.41) is 12.5. The smallest absolute Gasteiger partial charge is 0.251 e. The van der Waals surface area contributed by atoms with Crippen LogP contribution in [-0.4, -0.2) is 17.6 Å². The molecule has 0 radical (unpaired) electrons. The molecule has 1 amide bonds. The molecule has 3 nitrogen and oxygen atoms in total. The summed E-state index contributed by atoms with van der Waals surface area (Å²) in [6.07, 6.45) is 6.13. The summed E-state index contributed by atoms with van der Waals surface area (Å²) in [6, 6.07) is 4.98. The van der Waals surface area contributed by atoms with E-state index >= 15 is 0 Å². The first-order valence-corrected chi connectivity index (χ1v) is 7.14. The molecule has 2 rings (SSSR count). The molecule has 0 bridgehead atoms. The Hall–Kier alpha value is -1.51. The first-order valence-electron chi connectivity index (χ1n) is 7.14. The van der Waals surface area contributed by atoms with Gasteiger partial charge < -0.3 is 10.4 Å². The summed E-state index contributed by atoms with van der Waals surface area (Å²) < 4.78 is 0. The summed E-state index contributed by atoms with van der Waals surface area (Å²) >= 11 is 0. The second kappa shape index (κ2) is 5.64. The van der Waals surface area contributed by atoms with Crippen molar-refractivity contribution in [3.8, 4) is 5.75 Å². The van der Waals surface area contributed by atoms with Gasteiger partial charge in [0.2, 0.25) is 0 Å². The van der Waals surface area contributed by atoms with Crippen LogP contribution in [0.4, 0.5) is 0 Å². The monoisotopic (exact) mass is 261 g/mol. The highest BCUT2D eigenvalue weighted by Crippen LogP contribution is 2.40. The van der Waals surface area contributed by atoms with Crippen molar-refractivity contribution in [3.63, 3.8) is 0 Å². The SMILES string of the molecule is CCC1(CNC(=O)c2ccc(O)c(C)c2)CCCC1. The molecular weight excluding hydrogens is 238 g/mol. The van der Waals surface area contributed by atoms with E-state index in [1.54, 1.807) is 25.1 Å². The zero-order valence-corrected chi connectivity index (χ0v) is 11.8. The number of aromatic hydroxyl groups is 1. The Morgan fingerprint density at radius 1 is 1.37 bits per heavy atom. The maximum Gasteiger partial charge on any atom is 0.251 e. The van der Waals surface area contributed by atoms with Gasteiger partial charge in [-0.15, -0.1) is 0 Å². The van der Waals surface area contributed by atoms with Gasteiger partial charge in [-0.2, -0.15) is 0 Å². The summed E-state index contributed by atoms with van der Waals surface area (Å²) in [5.74, 6) is 0.195. The molecule has 1 aromatic rings. The lowest BCUT2D eigenvalue weighted by atomic mass is 9.83. The lowest BCUT2D eigenvalue weighted by Gasteiger charge is -2.27. The maximum absolute atomic E-state index is 12.1. The van der Waals surface area contributed by atoms with Crippen LogP contribution in [0.5, 0.6) is 5.75 Å². The number of amides is 1. The first kappa shape index (κ1) is 13.9. The average molecular weight is 261 g/mol. The third-order valence-corrected chi connectivity index (χ3v) is 4.50. The summed E-state index contributed by atoms with van der Waals surface area (Å²) in [6.45, 7) is 4.78. The zero-order chi connectivity index (χ0) is 13.9. The van der Waals surface area contributed by atoms with Crippen molar-refractivity contribution >= 4 is 5.91 Å². The molecule has 3 heteroatoms. The topological polar surface area (TPSA) is 49.3 Å². The van der Waals surface area contributed by atoms with Crippen LogP contribution < -0.4 is 5.32 Å². The Labute approximate surface area is 115 Å². The van der Waals surface area contributed by atoms with Crippen molar-refractivity contribution < 1.29 is 9.90 Å². The van der Waals surface area contributed by atoms with Crippen LogP contribution in [0.1, 0.15) is 54.9 Å². The highest BCUT2D eigenvalue weighted by Gasteiger charge is 2.32. The van der Waals surface area contributed by atoms with Gasteiger partial charge in [0.15, 0.2) is 0 Å². The van der Waals surface area contributed by atoms with Crippen molar-refractivity contribution in [1.29, 1.82) is 0 Å². The van der Waals surface area contributed by atoms with E-state index in [0.717, 1.165) is 18.5 Å². The minimum Gasteiger partial charge on any atom is -0.508 e. The Morgan fingerprint density at radius 2 is 2.05 bits per heavy atom. The predicted octanol–water partition coefficient (Wildman–Crippen LogP) is 3.40. The van der Waals surface area contributed by atoms with Crippen molar-refractivity contribution in [2.45, 2.75) is 46.0 Å². The fraction of sp³-hybridized carbons (Fsp3) is 0.562. The molecular formula is C16H23NO2. The van der Waals surface area contributed by atoms with E-state index in [0.29, 0.717) is 11.0 Å². The third-order valence-electron chi connectivity index (χ3n) is 4.50. The van der Waals surface area contributed by atoms with Gasteiger partial charge in [0.1, 0.15) is 5.75 Å². The molecule has 1 fully saturated rings. The van der Waals surface area contributed by atoms with Gasteiger partial charge in [-0.1, -0.05) is 19.8 Å². The molecule has 0 aromatic heterocycles. The van der Waals surface area contributed by atoms with Crippen molar-refractivity contribution in [2.75, 3.05) is 6.54 Å². The number of carbonyl (C=O) groups excluding carboxylic acids is 1. The van der Waals surface area contributed by atoms with E-state index in [1.807, 2.05) is 0 Å². The van der Waals surface area contributed by atoms with Crippen LogP contribution in [0.25, 0.3) is 0 Å². The van der Waals surface area contributed by atoms with Crippen molar-refractivity contribution in [2.24, 2.45) is 5.41 Å². The van der Waals surface area contributed by atoms with Crippen LogP contribution in [0.15, 0.2) is 18.2 Å². The van der Waals surface area contributed by atoms with E-state index in [-0.39, 0.29) is 11.7 Å². The van der Waals surface area contributed by atoms with E-state index in [4.69, 9.17) is 0 Å². The van der Waals surface area contributed by atoms with Crippen molar-refractivity contribution in [3.05, 3.63) is 29.3 Å². The average Bonchev–Trinajstić information content (AvgIpc) is 2.89. The number of benzene rings is 1. The molecule has 104 valence electrons. The standard InChI is InChI=1S/C16H23NO2/c1-3-16(8-4-5-9-16)11-17-15(19)13-6-7-14(18)12(2)10-13/h6-7,10,18H,3-5,8-9,11H2,1-2H3,(H,17,19). The first-order chi connectivity index (χ1) is 9.06. The molecule has 1 aliphatic rings.